The Labute approximate surface area is 79.1 Å². The highest BCUT2D eigenvalue weighted by Crippen LogP contribution is 2.34. The third-order valence-electron chi connectivity index (χ3n) is 0.991. The van der Waals surface area contributed by atoms with Crippen molar-refractivity contribution in [2.24, 2.45) is 0 Å². The van der Waals surface area contributed by atoms with Crippen LogP contribution in [-0.4, -0.2) is 36.8 Å². The Balaban J connectivity index is 2.77. The van der Waals surface area contributed by atoms with Crippen LogP contribution in [-0.2, 0) is 11.3 Å². The predicted molar refractivity (Wildman–Crippen MR) is 37.4 cm³/mol. The van der Waals surface area contributed by atoms with Crippen LogP contribution in [0.15, 0.2) is 5.16 Å². The van der Waals surface area contributed by atoms with Gasteiger partial charge < -0.3 is 5.11 Å². The molecule has 0 amide bonds. The molecule has 14 heavy (non-hydrogen) atoms. The number of tetrazole rings is 1. The molecule has 0 aromatic carbocycles. The summed E-state index contributed by atoms with van der Waals surface area (Å²) < 4.78 is 36.1. The first-order valence-electron chi connectivity index (χ1n) is 3.12. The minimum Gasteiger partial charge on any atom is -0.480 e. The summed E-state index contributed by atoms with van der Waals surface area (Å²) in [5.41, 5.74) is -4.54. The molecule has 0 bridgehead atoms. The highest BCUT2D eigenvalue weighted by Gasteiger charge is 2.32. The van der Waals surface area contributed by atoms with E-state index in [2.05, 4.69) is 15.5 Å². The zero-order valence-corrected chi connectivity index (χ0v) is 7.21. The maximum atomic E-state index is 11.8. The van der Waals surface area contributed by atoms with Gasteiger partial charge in [0.25, 0.3) is 0 Å². The fourth-order valence-corrected chi connectivity index (χ4v) is 1.09. The number of halogens is 3. The number of hydrogen-bond acceptors (Lipinski definition) is 5. The van der Waals surface area contributed by atoms with Gasteiger partial charge in [-0.25, -0.2) is 4.68 Å². The van der Waals surface area contributed by atoms with E-state index in [9.17, 15) is 18.0 Å². The number of carbonyl (C=O) groups is 1. The Hall–Kier alpha value is -1.32. The topological polar surface area (TPSA) is 80.9 Å². The van der Waals surface area contributed by atoms with E-state index in [0.29, 0.717) is 4.68 Å². The Bertz CT molecular complexity index is 338. The number of carboxylic acid groups (broad SMARTS) is 1. The Morgan fingerprint density at radius 1 is 1.57 bits per heavy atom. The van der Waals surface area contributed by atoms with Crippen molar-refractivity contribution in [1.29, 1.82) is 0 Å². The Kier molecular flexibility index (Phi) is 2.93. The molecule has 10 heteroatoms. The second-order valence-electron chi connectivity index (χ2n) is 2.06. The summed E-state index contributed by atoms with van der Waals surface area (Å²) >= 11 is -0.560. The molecule has 1 aromatic rings. The van der Waals surface area contributed by atoms with Crippen molar-refractivity contribution >= 4 is 17.7 Å². The number of aliphatic carboxylic acids is 1. The molecule has 0 atom stereocenters. The van der Waals surface area contributed by atoms with Crippen LogP contribution in [0.3, 0.4) is 0 Å². The maximum Gasteiger partial charge on any atom is 0.449 e. The quantitative estimate of drug-likeness (QED) is 0.753. The SMILES string of the molecule is O=C(O)Cn1nnnc1SC(F)(F)F. The number of carboxylic acids is 1. The molecule has 6 nitrogen and oxygen atoms in total. The average molecular weight is 228 g/mol. The van der Waals surface area contributed by atoms with Gasteiger partial charge in [-0.3, -0.25) is 4.79 Å². The molecular formula is C4H3F3N4O2S. The monoisotopic (exact) mass is 228 g/mol. The van der Waals surface area contributed by atoms with Gasteiger partial charge in [-0.1, -0.05) is 0 Å². The van der Waals surface area contributed by atoms with Crippen LogP contribution in [0.1, 0.15) is 0 Å². The van der Waals surface area contributed by atoms with Gasteiger partial charge in [0.2, 0.25) is 5.16 Å². The molecule has 0 unspecified atom stereocenters. The molecule has 0 aliphatic carbocycles. The summed E-state index contributed by atoms with van der Waals surface area (Å²) in [6.45, 7) is -0.703. The van der Waals surface area contributed by atoms with Crippen LogP contribution in [0, 0.1) is 0 Å². The minimum absolute atomic E-state index is 0.556. The zero-order chi connectivity index (χ0) is 10.8. The molecule has 1 heterocycles. The largest absolute Gasteiger partial charge is 0.480 e. The van der Waals surface area contributed by atoms with Gasteiger partial charge >= 0.3 is 11.5 Å². The molecule has 78 valence electrons. The van der Waals surface area contributed by atoms with Gasteiger partial charge in [0.1, 0.15) is 6.54 Å². The van der Waals surface area contributed by atoms with Crippen LogP contribution in [0.2, 0.25) is 0 Å². The van der Waals surface area contributed by atoms with Gasteiger partial charge in [0.05, 0.1) is 0 Å². The molecule has 1 rings (SSSR count). The summed E-state index contributed by atoms with van der Waals surface area (Å²) in [5.74, 6) is -1.32. The number of hydrogen-bond donors (Lipinski definition) is 1. The molecule has 1 aromatic heterocycles. The molecule has 0 aliphatic heterocycles. The lowest BCUT2D eigenvalue weighted by atomic mass is 10.7. The molecule has 0 aliphatic rings. The Morgan fingerprint density at radius 3 is 2.71 bits per heavy atom. The van der Waals surface area contributed by atoms with E-state index in [0.717, 1.165) is 0 Å². The molecule has 1 N–H and O–H groups in total. The van der Waals surface area contributed by atoms with Gasteiger partial charge in [0, 0.05) is 11.8 Å². The van der Waals surface area contributed by atoms with Crippen LogP contribution in [0.5, 0.6) is 0 Å². The van der Waals surface area contributed by atoms with Gasteiger partial charge in [-0.15, -0.1) is 5.10 Å². The highest BCUT2D eigenvalue weighted by atomic mass is 32.2. The number of alkyl halides is 3. The lowest BCUT2D eigenvalue weighted by Gasteiger charge is -2.03. The third kappa shape index (κ3) is 3.20. The first-order chi connectivity index (χ1) is 6.38. The summed E-state index contributed by atoms with van der Waals surface area (Å²) in [5, 5.41) is 16.8. The fraction of sp³-hybridized carbons (Fsp3) is 0.500. The van der Waals surface area contributed by atoms with Gasteiger partial charge in [0.15, 0.2) is 0 Å². The fourth-order valence-electron chi connectivity index (χ4n) is 0.600. The summed E-state index contributed by atoms with van der Waals surface area (Å²) in [6.07, 6.45) is 0. The van der Waals surface area contributed by atoms with E-state index in [1.807, 2.05) is 0 Å². The second kappa shape index (κ2) is 3.82. The number of thioether (sulfide) groups is 1. The summed E-state index contributed by atoms with van der Waals surface area (Å²) in [6, 6.07) is 0. The predicted octanol–water partition coefficient (Wildman–Crippen LogP) is 0.370. The average Bonchev–Trinajstić information content (AvgIpc) is 2.32. The van der Waals surface area contributed by atoms with E-state index in [1.54, 1.807) is 0 Å². The van der Waals surface area contributed by atoms with Crippen molar-refractivity contribution in [2.45, 2.75) is 17.2 Å². The second-order valence-corrected chi connectivity index (χ2v) is 3.09. The van der Waals surface area contributed by atoms with Crippen molar-refractivity contribution in [3.05, 3.63) is 0 Å². The van der Waals surface area contributed by atoms with Crippen molar-refractivity contribution < 1.29 is 23.1 Å². The van der Waals surface area contributed by atoms with Crippen LogP contribution < -0.4 is 0 Å². The van der Waals surface area contributed by atoms with Crippen molar-refractivity contribution in [3.63, 3.8) is 0 Å². The van der Waals surface area contributed by atoms with Gasteiger partial charge in [-0.05, 0) is 10.4 Å². The van der Waals surface area contributed by atoms with E-state index in [-0.39, 0.29) is 0 Å². The van der Waals surface area contributed by atoms with E-state index in [4.69, 9.17) is 5.11 Å². The lowest BCUT2D eigenvalue weighted by molar-refractivity contribution is -0.138. The molecule has 0 saturated carbocycles. The third-order valence-corrected chi connectivity index (χ3v) is 1.70. The number of aromatic nitrogens is 4. The first-order valence-corrected chi connectivity index (χ1v) is 3.94. The normalized spacial score (nSPS) is 11.6. The maximum absolute atomic E-state index is 11.8. The van der Waals surface area contributed by atoms with E-state index >= 15 is 0 Å². The molecule has 0 saturated heterocycles. The summed E-state index contributed by atoms with van der Waals surface area (Å²) in [4.78, 5) is 10.2. The first kappa shape index (κ1) is 10.8. The lowest BCUT2D eigenvalue weighted by Crippen LogP contribution is -2.13. The van der Waals surface area contributed by atoms with Crippen LogP contribution >= 0.6 is 11.8 Å². The molecule has 0 spiro atoms. The Morgan fingerprint density at radius 2 is 2.21 bits per heavy atom. The van der Waals surface area contributed by atoms with Crippen molar-refractivity contribution in [3.8, 4) is 0 Å². The van der Waals surface area contributed by atoms with E-state index in [1.165, 1.54) is 0 Å². The van der Waals surface area contributed by atoms with Crippen LogP contribution in [0.4, 0.5) is 13.2 Å². The standard InChI is InChI=1S/C4H3F3N4O2S/c5-4(6,7)14-3-8-9-10-11(3)1-2(12)13/h1H2,(H,12,13). The molecule has 0 radical (unpaired) electrons. The van der Waals surface area contributed by atoms with Crippen molar-refractivity contribution in [1.82, 2.24) is 20.2 Å². The van der Waals surface area contributed by atoms with Crippen molar-refractivity contribution in [2.75, 3.05) is 0 Å². The van der Waals surface area contributed by atoms with Crippen LogP contribution in [0.25, 0.3) is 0 Å². The molecular weight excluding hydrogens is 225 g/mol. The summed E-state index contributed by atoms with van der Waals surface area (Å²) in [7, 11) is 0. The minimum atomic E-state index is -4.54. The smallest absolute Gasteiger partial charge is 0.449 e. The number of nitrogens with zero attached hydrogens (tertiary/aromatic N) is 4. The highest BCUT2D eigenvalue weighted by molar-refractivity contribution is 8.00. The molecule has 0 fully saturated rings. The van der Waals surface area contributed by atoms with E-state index < -0.39 is 34.9 Å². The zero-order valence-electron chi connectivity index (χ0n) is 6.39. The van der Waals surface area contributed by atoms with Gasteiger partial charge in [-0.2, -0.15) is 13.2 Å². The number of rotatable bonds is 3.